The molecule has 0 aromatic heterocycles. The molecular formula is C17H16F2O. The largest absolute Gasteiger partial charge is 0.289 e. The summed E-state index contributed by atoms with van der Waals surface area (Å²) in [4.78, 5) is 12.6. The van der Waals surface area contributed by atoms with Crippen LogP contribution in [0, 0.1) is 39.3 Å². The van der Waals surface area contributed by atoms with Gasteiger partial charge in [-0.25, -0.2) is 8.78 Å². The van der Waals surface area contributed by atoms with Crippen LogP contribution in [0.1, 0.15) is 38.2 Å². The molecule has 0 bridgehead atoms. The molecule has 0 aliphatic carbocycles. The van der Waals surface area contributed by atoms with E-state index in [0.29, 0.717) is 5.56 Å². The van der Waals surface area contributed by atoms with Crippen LogP contribution in [0.15, 0.2) is 24.3 Å². The van der Waals surface area contributed by atoms with E-state index in [4.69, 9.17) is 0 Å². The molecule has 0 fully saturated rings. The third-order valence-corrected chi connectivity index (χ3v) is 3.72. The fourth-order valence-electron chi connectivity index (χ4n) is 2.39. The SMILES string of the molecule is Cc1cc(C)c(C)c(C(=O)c2cc(F)cc(F)c2)c1C. The molecule has 104 valence electrons. The zero-order valence-electron chi connectivity index (χ0n) is 12.0. The van der Waals surface area contributed by atoms with Crippen LogP contribution < -0.4 is 0 Å². The van der Waals surface area contributed by atoms with Crippen LogP contribution in [-0.2, 0) is 0 Å². The lowest BCUT2D eigenvalue weighted by atomic mass is 9.89. The van der Waals surface area contributed by atoms with Crippen molar-refractivity contribution in [2.45, 2.75) is 27.7 Å². The highest BCUT2D eigenvalue weighted by atomic mass is 19.1. The van der Waals surface area contributed by atoms with Crippen molar-refractivity contribution in [1.82, 2.24) is 0 Å². The first kappa shape index (κ1) is 14.4. The average Bonchev–Trinajstić information content (AvgIpc) is 2.35. The third kappa shape index (κ3) is 2.48. The summed E-state index contributed by atoms with van der Waals surface area (Å²) in [7, 11) is 0. The Kier molecular flexibility index (Phi) is 3.71. The lowest BCUT2D eigenvalue weighted by molar-refractivity contribution is 0.103. The Balaban J connectivity index is 2.65. The molecule has 20 heavy (non-hydrogen) atoms. The molecule has 0 aliphatic rings. The molecule has 0 spiro atoms. The Morgan fingerprint density at radius 3 is 1.70 bits per heavy atom. The molecule has 0 N–H and O–H groups in total. The number of hydrogen-bond acceptors (Lipinski definition) is 1. The molecule has 2 rings (SSSR count). The van der Waals surface area contributed by atoms with Crippen molar-refractivity contribution < 1.29 is 13.6 Å². The van der Waals surface area contributed by atoms with Crippen LogP contribution in [0.25, 0.3) is 0 Å². The van der Waals surface area contributed by atoms with Gasteiger partial charge < -0.3 is 0 Å². The van der Waals surface area contributed by atoms with Gasteiger partial charge >= 0.3 is 0 Å². The predicted molar refractivity (Wildman–Crippen MR) is 75.2 cm³/mol. The van der Waals surface area contributed by atoms with Gasteiger partial charge in [0.2, 0.25) is 0 Å². The fourth-order valence-corrected chi connectivity index (χ4v) is 2.39. The first-order valence-corrected chi connectivity index (χ1v) is 6.39. The third-order valence-electron chi connectivity index (χ3n) is 3.72. The second-order valence-electron chi connectivity index (χ2n) is 5.12. The van der Waals surface area contributed by atoms with E-state index in [0.717, 1.165) is 40.5 Å². The highest BCUT2D eigenvalue weighted by Crippen LogP contribution is 2.25. The van der Waals surface area contributed by atoms with E-state index in [1.807, 2.05) is 33.8 Å². The quantitative estimate of drug-likeness (QED) is 0.740. The smallest absolute Gasteiger partial charge is 0.193 e. The second kappa shape index (κ2) is 5.16. The number of rotatable bonds is 2. The van der Waals surface area contributed by atoms with Crippen molar-refractivity contribution in [3.8, 4) is 0 Å². The van der Waals surface area contributed by atoms with Crippen molar-refractivity contribution in [3.05, 3.63) is 69.3 Å². The van der Waals surface area contributed by atoms with E-state index >= 15 is 0 Å². The Morgan fingerprint density at radius 2 is 1.25 bits per heavy atom. The van der Waals surface area contributed by atoms with Gasteiger partial charge in [-0.1, -0.05) is 6.07 Å². The Hall–Kier alpha value is -2.03. The van der Waals surface area contributed by atoms with Crippen molar-refractivity contribution in [2.24, 2.45) is 0 Å². The summed E-state index contributed by atoms with van der Waals surface area (Å²) in [5.74, 6) is -1.83. The molecule has 0 radical (unpaired) electrons. The van der Waals surface area contributed by atoms with Gasteiger partial charge in [0, 0.05) is 17.2 Å². The maximum absolute atomic E-state index is 13.3. The fraction of sp³-hybridized carbons (Fsp3) is 0.235. The maximum atomic E-state index is 13.3. The van der Waals surface area contributed by atoms with Gasteiger partial charge in [0.05, 0.1) is 0 Å². The van der Waals surface area contributed by atoms with E-state index in [2.05, 4.69) is 0 Å². The van der Waals surface area contributed by atoms with Crippen LogP contribution in [0.5, 0.6) is 0 Å². The van der Waals surface area contributed by atoms with Gasteiger partial charge in [-0.15, -0.1) is 0 Å². The molecule has 1 nitrogen and oxygen atoms in total. The molecule has 0 aliphatic heterocycles. The summed E-state index contributed by atoms with van der Waals surface area (Å²) in [5.41, 5.74) is 4.26. The van der Waals surface area contributed by atoms with Gasteiger partial charge in [0.25, 0.3) is 0 Å². The first-order chi connectivity index (χ1) is 9.31. The Bertz CT molecular complexity index is 656. The lowest BCUT2D eigenvalue weighted by Crippen LogP contribution is -2.09. The van der Waals surface area contributed by atoms with Gasteiger partial charge in [0.1, 0.15) is 11.6 Å². The number of carbonyl (C=O) groups is 1. The van der Waals surface area contributed by atoms with Gasteiger partial charge in [-0.2, -0.15) is 0 Å². The minimum Gasteiger partial charge on any atom is -0.289 e. The topological polar surface area (TPSA) is 17.1 Å². The number of hydrogen-bond donors (Lipinski definition) is 0. The molecule has 0 heterocycles. The highest BCUT2D eigenvalue weighted by Gasteiger charge is 2.18. The molecule has 0 amide bonds. The molecule has 0 atom stereocenters. The van der Waals surface area contributed by atoms with Gasteiger partial charge in [0.15, 0.2) is 5.78 Å². The van der Waals surface area contributed by atoms with E-state index in [1.54, 1.807) is 0 Å². The normalized spacial score (nSPS) is 10.7. The maximum Gasteiger partial charge on any atom is 0.193 e. The minimum atomic E-state index is -0.743. The van der Waals surface area contributed by atoms with E-state index in [-0.39, 0.29) is 11.3 Å². The van der Waals surface area contributed by atoms with Crippen LogP contribution in [0.2, 0.25) is 0 Å². The van der Waals surface area contributed by atoms with E-state index in [1.165, 1.54) is 0 Å². The van der Waals surface area contributed by atoms with Crippen LogP contribution in [-0.4, -0.2) is 5.78 Å². The standard InChI is InChI=1S/C17H16F2O/c1-9-5-10(2)12(4)16(11(9)3)17(20)13-6-14(18)8-15(19)7-13/h5-8H,1-4H3. The van der Waals surface area contributed by atoms with Crippen LogP contribution in [0.3, 0.4) is 0 Å². The summed E-state index contributed by atoms with van der Waals surface area (Å²) in [6, 6.07) is 4.91. The molecule has 0 saturated carbocycles. The Morgan fingerprint density at radius 1 is 0.800 bits per heavy atom. The first-order valence-electron chi connectivity index (χ1n) is 6.39. The molecule has 0 unspecified atom stereocenters. The minimum absolute atomic E-state index is 0.0405. The van der Waals surface area contributed by atoms with Gasteiger partial charge in [-0.05, 0) is 62.1 Å². The highest BCUT2D eigenvalue weighted by molar-refractivity contribution is 6.11. The number of halogens is 2. The van der Waals surface area contributed by atoms with Gasteiger partial charge in [-0.3, -0.25) is 4.79 Å². The van der Waals surface area contributed by atoms with Crippen molar-refractivity contribution >= 4 is 5.78 Å². The zero-order valence-corrected chi connectivity index (χ0v) is 12.0. The molecule has 0 saturated heterocycles. The van der Waals surface area contributed by atoms with E-state index in [9.17, 15) is 13.6 Å². The predicted octanol–water partition coefficient (Wildman–Crippen LogP) is 4.43. The van der Waals surface area contributed by atoms with Crippen LogP contribution >= 0.6 is 0 Å². The zero-order chi connectivity index (χ0) is 15.0. The van der Waals surface area contributed by atoms with Crippen molar-refractivity contribution in [2.75, 3.05) is 0 Å². The monoisotopic (exact) mass is 274 g/mol. The van der Waals surface area contributed by atoms with Crippen molar-refractivity contribution in [3.63, 3.8) is 0 Å². The summed E-state index contributed by atoms with van der Waals surface area (Å²) in [6.07, 6.45) is 0. The lowest BCUT2D eigenvalue weighted by Gasteiger charge is -2.14. The molecule has 2 aromatic rings. The summed E-state index contributed by atoms with van der Waals surface area (Å²) < 4.78 is 26.5. The van der Waals surface area contributed by atoms with Crippen molar-refractivity contribution in [1.29, 1.82) is 0 Å². The molecular weight excluding hydrogens is 258 g/mol. The van der Waals surface area contributed by atoms with Crippen LogP contribution in [0.4, 0.5) is 8.78 Å². The Labute approximate surface area is 117 Å². The molecule has 2 aromatic carbocycles. The number of ketones is 1. The average molecular weight is 274 g/mol. The number of benzene rings is 2. The number of carbonyl (C=O) groups excluding carboxylic acids is 1. The summed E-state index contributed by atoms with van der Waals surface area (Å²) >= 11 is 0. The van der Waals surface area contributed by atoms with E-state index < -0.39 is 11.6 Å². The number of aryl methyl sites for hydroxylation is 2. The molecule has 3 heteroatoms. The summed E-state index contributed by atoms with van der Waals surface area (Å²) in [6.45, 7) is 7.55. The second-order valence-corrected chi connectivity index (χ2v) is 5.12. The summed E-state index contributed by atoms with van der Waals surface area (Å²) in [5, 5.41) is 0.